The van der Waals surface area contributed by atoms with Gasteiger partial charge in [0.1, 0.15) is 11.6 Å². The number of alkyl halides is 3. The van der Waals surface area contributed by atoms with E-state index in [1.807, 2.05) is 0 Å². The van der Waals surface area contributed by atoms with Gasteiger partial charge < -0.3 is 11.1 Å². The molecule has 0 aliphatic rings. The highest BCUT2D eigenvalue weighted by atomic mass is 19.4. The molecule has 0 fully saturated rings. The van der Waals surface area contributed by atoms with Crippen molar-refractivity contribution in [3.8, 4) is 0 Å². The number of likely N-dealkylation sites (N-methyl/N-ethyl adjacent to an activating group) is 1. The van der Waals surface area contributed by atoms with Gasteiger partial charge in [-0.2, -0.15) is 13.2 Å². The lowest BCUT2D eigenvalue weighted by atomic mass is 10.1. The summed E-state index contributed by atoms with van der Waals surface area (Å²) in [6, 6.07) is 3.28. The quantitative estimate of drug-likeness (QED) is 0.895. The summed E-state index contributed by atoms with van der Waals surface area (Å²) in [5.41, 5.74) is 5.21. The van der Waals surface area contributed by atoms with Gasteiger partial charge in [0.2, 0.25) is 0 Å². The number of fused-ring (bicyclic) bond motifs is 1. The van der Waals surface area contributed by atoms with Crippen molar-refractivity contribution < 1.29 is 13.2 Å². The molecule has 3 N–H and O–H groups in total. The van der Waals surface area contributed by atoms with Crippen LogP contribution >= 0.6 is 0 Å². The maximum atomic E-state index is 12.6. The van der Waals surface area contributed by atoms with E-state index in [0.29, 0.717) is 24.2 Å². The molecule has 0 radical (unpaired) electrons. The molecule has 102 valence electrons. The summed E-state index contributed by atoms with van der Waals surface area (Å²) in [7, 11) is 1.77. The minimum absolute atomic E-state index is 0.199. The Hall–Kier alpha value is -1.89. The first kappa shape index (κ1) is 13.5. The average molecular weight is 270 g/mol. The van der Waals surface area contributed by atoms with Crippen LogP contribution in [0.25, 0.3) is 10.9 Å². The molecule has 7 heteroatoms. The number of nitrogens with zero attached hydrogens (tertiary/aromatic N) is 2. The lowest BCUT2D eigenvalue weighted by molar-refractivity contribution is -0.137. The van der Waals surface area contributed by atoms with Crippen LogP contribution in [-0.2, 0) is 12.6 Å². The zero-order valence-corrected chi connectivity index (χ0v) is 10.3. The summed E-state index contributed by atoms with van der Waals surface area (Å²) in [5, 5.41) is 3.35. The monoisotopic (exact) mass is 270 g/mol. The van der Waals surface area contributed by atoms with Crippen molar-refractivity contribution in [1.29, 1.82) is 0 Å². The number of benzene rings is 1. The smallest absolute Gasteiger partial charge is 0.383 e. The highest BCUT2D eigenvalue weighted by Crippen LogP contribution is 2.31. The molecule has 19 heavy (non-hydrogen) atoms. The SMILES string of the molecule is CNCCc1nc(N)c2ccc(C(F)(F)F)cc2n1. The first-order valence-electron chi connectivity index (χ1n) is 5.70. The van der Waals surface area contributed by atoms with Gasteiger partial charge in [0.05, 0.1) is 11.1 Å². The second-order valence-electron chi connectivity index (χ2n) is 4.11. The molecule has 0 saturated carbocycles. The van der Waals surface area contributed by atoms with Gasteiger partial charge in [-0.25, -0.2) is 9.97 Å². The van der Waals surface area contributed by atoms with Crippen LogP contribution in [0.3, 0.4) is 0 Å². The summed E-state index contributed by atoms with van der Waals surface area (Å²) in [6.07, 6.45) is -3.88. The third-order valence-corrected chi connectivity index (χ3v) is 2.70. The Morgan fingerprint density at radius 3 is 2.63 bits per heavy atom. The number of aromatic nitrogens is 2. The van der Waals surface area contributed by atoms with Crippen LogP contribution in [0.2, 0.25) is 0 Å². The van der Waals surface area contributed by atoms with E-state index in [0.717, 1.165) is 12.1 Å². The van der Waals surface area contributed by atoms with Crippen LogP contribution in [0, 0.1) is 0 Å². The molecule has 1 aromatic carbocycles. The topological polar surface area (TPSA) is 63.8 Å². The molecule has 1 heterocycles. The van der Waals surface area contributed by atoms with E-state index in [1.165, 1.54) is 6.07 Å². The van der Waals surface area contributed by atoms with Crippen molar-refractivity contribution in [3.05, 3.63) is 29.6 Å². The first-order chi connectivity index (χ1) is 8.91. The lowest BCUT2D eigenvalue weighted by Crippen LogP contribution is -2.13. The molecule has 0 saturated heterocycles. The maximum Gasteiger partial charge on any atom is 0.416 e. The lowest BCUT2D eigenvalue weighted by Gasteiger charge is -2.09. The number of hydrogen-bond donors (Lipinski definition) is 2. The van der Waals surface area contributed by atoms with E-state index in [1.54, 1.807) is 7.05 Å². The fourth-order valence-electron chi connectivity index (χ4n) is 1.73. The molecule has 0 amide bonds. The molecule has 0 aliphatic carbocycles. The fraction of sp³-hybridized carbons (Fsp3) is 0.333. The second kappa shape index (κ2) is 5.00. The summed E-state index contributed by atoms with van der Waals surface area (Å²) in [5.74, 6) is 0.628. The Labute approximate surface area is 107 Å². The van der Waals surface area contributed by atoms with E-state index in [9.17, 15) is 13.2 Å². The number of halogens is 3. The number of nitrogens with one attached hydrogen (secondary N) is 1. The van der Waals surface area contributed by atoms with Crippen LogP contribution in [0.15, 0.2) is 18.2 Å². The fourth-order valence-corrected chi connectivity index (χ4v) is 1.73. The molecule has 2 rings (SSSR count). The molecule has 0 unspecified atom stereocenters. The summed E-state index contributed by atoms with van der Waals surface area (Å²) in [4.78, 5) is 8.19. The van der Waals surface area contributed by atoms with Gasteiger partial charge in [0, 0.05) is 18.4 Å². The third kappa shape index (κ3) is 2.93. The Morgan fingerprint density at radius 2 is 2.00 bits per heavy atom. The van der Waals surface area contributed by atoms with Crippen molar-refractivity contribution >= 4 is 16.7 Å². The Kier molecular flexibility index (Phi) is 3.57. The molecule has 1 aromatic heterocycles. The highest BCUT2D eigenvalue weighted by molar-refractivity contribution is 5.88. The predicted molar refractivity (Wildman–Crippen MR) is 66.6 cm³/mol. The second-order valence-corrected chi connectivity index (χ2v) is 4.11. The van der Waals surface area contributed by atoms with E-state index in [4.69, 9.17) is 5.73 Å². The molecule has 4 nitrogen and oxygen atoms in total. The molecule has 0 atom stereocenters. The number of anilines is 1. The minimum atomic E-state index is -4.39. The van der Waals surface area contributed by atoms with Gasteiger partial charge in [-0.15, -0.1) is 0 Å². The summed E-state index contributed by atoms with van der Waals surface area (Å²) in [6.45, 7) is 0.629. The molecule has 0 bridgehead atoms. The van der Waals surface area contributed by atoms with Gasteiger partial charge in [-0.3, -0.25) is 0 Å². The minimum Gasteiger partial charge on any atom is -0.383 e. The van der Waals surface area contributed by atoms with E-state index >= 15 is 0 Å². The third-order valence-electron chi connectivity index (χ3n) is 2.70. The van der Waals surface area contributed by atoms with Crippen molar-refractivity contribution in [2.24, 2.45) is 0 Å². The molecular weight excluding hydrogens is 257 g/mol. The Balaban J connectivity index is 2.50. The van der Waals surface area contributed by atoms with Crippen molar-refractivity contribution in [2.45, 2.75) is 12.6 Å². The molecule has 0 spiro atoms. The van der Waals surface area contributed by atoms with Crippen LogP contribution in [-0.4, -0.2) is 23.6 Å². The zero-order chi connectivity index (χ0) is 14.0. The highest BCUT2D eigenvalue weighted by Gasteiger charge is 2.30. The van der Waals surface area contributed by atoms with Crippen molar-refractivity contribution in [2.75, 3.05) is 19.3 Å². The van der Waals surface area contributed by atoms with Gasteiger partial charge in [0.15, 0.2) is 0 Å². The Morgan fingerprint density at radius 1 is 1.26 bits per heavy atom. The molecule has 2 aromatic rings. The van der Waals surface area contributed by atoms with Crippen molar-refractivity contribution in [1.82, 2.24) is 15.3 Å². The molecular formula is C12H13F3N4. The first-order valence-corrected chi connectivity index (χ1v) is 5.70. The zero-order valence-electron chi connectivity index (χ0n) is 10.3. The molecule has 0 aliphatic heterocycles. The van der Waals surface area contributed by atoms with Crippen LogP contribution in [0.4, 0.5) is 19.0 Å². The van der Waals surface area contributed by atoms with Gasteiger partial charge in [0.25, 0.3) is 0 Å². The van der Waals surface area contributed by atoms with E-state index in [2.05, 4.69) is 15.3 Å². The standard InChI is InChI=1S/C12H13F3N4/c1-17-5-4-10-18-9-6-7(12(13,14)15)2-3-8(9)11(16)19-10/h2-3,6,17H,4-5H2,1H3,(H2,16,18,19). The van der Waals surface area contributed by atoms with Gasteiger partial charge in [-0.1, -0.05) is 0 Å². The van der Waals surface area contributed by atoms with Crippen molar-refractivity contribution in [3.63, 3.8) is 0 Å². The number of nitrogen functional groups attached to an aromatic ring is 1. The summed E-state index contributed by atoms with van der Waals surface area (Å²) < 4.78 is 37.9. The van der Waals surface area contributed by atoms with E-state index in [-0.39, 0.29) is 11.3 Å². The Bertz CT molecular complexity index is 595. The summed E-state index contributed by atoms with van der Waals surface area (Å²) >= 11 is 0. The van der Waals surface area contributed by atoms with Crippen LogP contribution in [0.1, 0.15) is 11.4 Å². The van der Waals surface area contributed by atoms with Crippen LogP contribution in [0.5, 0.6) is 0 Å². The average Bonchev–Trinajstić information content (AvgIpc) is 2.34. The number of rotatable bonds is 3. The largest absolute Gasteiger partial charge is 0.416 e. The normalized spacial score (nSPS) is 12.0. The van der Waals surface area contributed by atoms with Gasteiger partial charge in [-0.05, 0) is 25.2 Å². The number of nitrogens with two attached hydrogens (primary N) is 1. The predicted octanol–water partition coefficient (Wildman–Crippen LogP) is 1.99. The number of hydrogen-bond acceptors (Lipinski definition) is 4. The van der Waals surface area contributed by atoms with Crippen LogP contribution < -0.4 is 11.1 Å². The van der Waals surface area contributed by atoms with Gasteiger partial charge >= 0.3 is 6.18 Å². The van der Waals surface area contributed by atoms with E-state index < -0.39 is 11.7 Å². The maximum absolute atomic E-state index is 12.6.